The summed E-state index contributed by atoms with van der Waals surface area (Å²) < 4.78 is 5.11. The summed E-state index contributed by atoms with van der Waals surface area (Å²) in [5, 5.41) is 9.03. The smallest absolute Gasteiger partial charge is 0.410 e. The molecule has 0 bridgehead atoms. The van der Waals surface area contributed by atoms with Crippen molar-refractivity contribution in [2.75, 3.05) is 6.54 Å². The molecule has 0 aliphatic carbocycles. The van der Waals surface area contributed by atoms with Crippen LogP contribution in [0.25, 0.3) is 0 Å². The first-order chi connectivity index (χ1) is 9.08. The summed E-state index contributed by atoms with van der Waals surface area (Å²) in [5.74, 6) is -1.05. The number of carbonyl (C=O) groups excluding carboxylic acids is 1. The molecule has 19 heavy (non-hydrogen) atoms. The summed E-state index contributed by atoms with van der Waals surface area (Å²) in [7, 11) is 0. The van der Waals surface area contributed by atoms with Crippen molar-refractivity contribution in [1.29, 1.82) is 0 Å². The molecule has 2 atom stereocenters. The van der Waals surface area contributed by atoms with Crippen molar-refractivity contribution in [2.45, 2.75) is 25.1 Å². The molecule has 0 radical (unpaired) electrons. The Bertz CT molecular complexity index is 463. The average molecular weight is 264 g/mol. The lowest BCUT2D eigenvalue weighted by Gasteiger charge is -2.20. The molecule has 1 amide bonds. The molecule has 1 aromatic rings. The van der Waals surface area contributed by atoms with Gasteiger partial charge in [-0.1, -0.05) is 30.3 Å². The molecule has 1 aliphatic heterocycles. The van der Waals surface area contributed by atoms with Gasteiger partial charge in [0.2, 0.25) is 0 Å². The standard InChI is InChI=1S/C13H16N2O4/c14-10-6-11(12(16)17)15(7-10)13(18)19-8-9-4-2-1-3-5-9/h1-5,10-11H,6-8,14H2,(H,16,17)/t10-,11+/m0/s1. The number of hydrogen-bond donors (Lipinski definition) is 2. The number of likely N-dealkylation sites (tertiary alicyclic amines) is 1. The third-order valence-electron chi connectivity index (χ3n) is 3.06. The number of ether oxygens (including phenoxy) is 1. The number of nitrogens with two attached hydrogens (primary N) is 1. The first-order valence-corrected chi connectivity index (χ1v) is 6.03. The fourth-order valence-electron chi connectivity index (χ4n) is 2.11. The fourth-order valence-corrected chi connectivity index (χ4v) is 2.11. The van der Waals surface area contributed by atoms with Crippen molar-refractivity contribution in [2.24, 2.45) is 5.73 Å². The van der Waals surface area contributed by atoms with E-state index in [1.54, 1.807) is 0 Å². The number of amides is 1. The molecular weight excluding hydrogens is 248 g/mol. The van der Waals surface area contributed by atoms with E-state index in [4.69, 9.17) is 15.6 Å². The van der Waals surface area contributed by atoms with Gasteiger partial charge in [0.15, 0.2) is 0 Å². The summed E-state index contributed by atoms with van der Waals surface area (Å²) in [6.07, 6.45) is -0.375. The molecule has 2 rings (SSSR count). The topological polar surface area (TPSA) is 92.9 Å². The van der Waals surface area contributed by atoms with Crippen LogP contribution in [-0.2, 0) is 16.1 Å². The van der Waals surface area contributed by atoms with Crippen LogP contribution in [0.2, 0.25) is 0 Å². The average Bonchev–Trinajstić information content (AvgIpc) is 2.79. The van der Waals surface area contributed by atoms with Crippen LogP contribution in [0.15, 0.2) is 30.3 Å². The lowest BCUT2D eigenvalue weighted by Crippen LogP contribution is -2.41. The number of carboxylic acids is 1. The molecule has 1 aliphatic rings. The molecular formula is C13H16N2O4. The Morgan fingerprint density at radius 3 is 2.68 bits per heavy atom. The Balaban J connectivity index is 1.94. The summed E-state index contributed by atoms with van der Waals surface area (Å²) in [4.78, 5) is 24.1. The number of carbonyl (C=O) groups is 2. The number of nitrogens with zero attached hydrogens (tertiary/aromatic N) is 1. The van der Waals surface area contributed by atoms with E-state index < -0.39 is 18.1 Å². The molecule has 1 fully saturated rings. The van der Waals surface area contributed by atoms with Gasteiger partial charge in [0, 0.05) is 12.6 Å². The summed E-state index contributed by atoms with van der Waals surface area (Å²) in [6.45, 7) is 0.336. The Hall–Kier alpha value is -2.08. The van der Waals surface area contributed by atoms with Crippen LogP contribution in [-0.4, -0.2) is 40.7 Å². The zero-order valence-corrected chi connectivity index (χ0v) is 10.4. The van der Waals surface area contributed by atoms with Crippen molar-refractivity contribution in [1.82, 2.24) is 4.90 Å². The minimum atomic E-state index is -1.05. The highest BCUT2D eigenvalue weighted by Crippen LogP contribution is 2.18. The molecule has 6 heteroatoms. The van der Waals surface area contributed by atoms with E-state index in [0.717, 1.165) is 5.56 Å². The van der Waals surface area contributed by atoms with E-state index in [1.165, 1.54) is 4.90 Å². The number of rotatable bonds is 3. The maximum atomic E-state index is 11.9. The second kappa shape index (κ2) is 5.71. The lowest BCUT2D eigenvalue weighted by molar-refractivity contribution is -0.141. The quantitative estimate of drug-likeness (QED) is 0.842. The van der Waals surface area contributed by atoms with Gasteiger partial charge in [0.25, 0.3) is 0 Å². The zero-order chi connectivity index (χ0) is 13.8. The molecule has 0 spiro atoms. The molecule has 1 heterocycles. The van der Waals surface area contributed by atoms with Gasteiger partial charge in [0.05, 0.1) is 0 Å². The van der Waals surface area contributed by atoms with Gasteiger partial charge < -0.3 is 15.6 Å². The van der Waals surface area contributed by atoms with Crippen LogP contribution in [0.5, 0.6) is 0 Å². The molecule has 0 saturated carbocycles. The highest BCUT2D eigenvalue weighted by atomic mass is 16.6. The van der Waals surface area contributed by atoms with Crippen molar-refractivity contribution < 1.29 is 19.4 Å². The van der Waals surface area contributed by atoms with Crippen LogP contribution >= 0.6 is 0 Å². The predicted molar refractivity (Wildman–Crippen MR) is 67.3 cm³/mol. The Morgan fingerprint density at radius 1 is 1.37 bits per heavy atom. The Labute approximate surface area is 110 Å². The van der Waals surface area contributed by atoms with Gasteiger partial charge in [-0.2, -0.15) is 0 Å². The van der Waals surface area contributed by atoms with Gasteiger partial charge in [-0.05, 0) is 12.0 Å². The van der Waals surface area contributed by atoms with E-state index >= 15 is 0 Å². The molecule has 6 nitrogen and oxygen atoms in total. The summed E-state index contributed by atoms with van der Waals surface area (Å²) >= 11 is 0. The molecule has 0 aromatic heterocycles. The molecule has 1 saturated heterocycles. The number of benzene rings is 1. The number of aliphatic carboxylic acids is 1. The Kier molecular flexibility index (Phi) is 4.01. The summed E-state index contributed by atoms with van der Waals surface area (Å²) in [5.41, 5.74) is 6.54. The van der Waals surface area contributed by atoms with E-state index in [9.17, 15) is 9.59 Å². The fraction of sp³-hybridized carbons (Fsp3) is 0.385. The number of carboxylic acid groups (broad SMARTS) is 1. The second-order valence-electron chi connectivity index (χ2n) is 4.54. The number of hydrogen-bond acceptors (Lipinski definition) is 4. The molecule has 1 aromatic carbocycles. The van der Waals surface area contributed by atoms with Gasteiger partial charge in [-0.25, -0.2) is 9.59 Å². The van der Waals surface area contributed by atoms with E-state index in [-0.39, 0.29) is 25.6 Å². The minimum absolute atomic E-state index is 0.123. The van der Waals surface area contributed by atoms with Gasteiger partial charge in [-0.3, -0.25) is 4.90 Å². The van der Waals surface area contributed by atoms with Crippen molar-refractivity contribution >= 4 is 12.1 Å². The Morgan fingerprint density at radius 2 is 2.05 bits per heavy atom. The van der Waals surface area contributed by atoms with E-state index in [0.29, 0.717) is 0 Å². The van der Waals surface area contributed by atoms with Crippen molar-refractivity contribution in [3.8, 4) is 0 Å². The molecule has 0 unspecified atom stereocenters. The van der Waals surface area contributed by atoms with Crippen LogP contribution in [0.3, 0.4) is 0 Å². The first kappa shape index (κ1) is 13.4. The normalized spacial score (nSPS) is 22.3. The van der Waals surface area contributed by atoms with Crippen LogP contribution in [0.4, 0.5) is 4.79 Å². The lowest BCUT2D eigenvalue weighted by atomic mass is 10.2. The monoisotopic (exact) mass is 264 g/mol. The zero-order valence-electron chi connectivity index (χ0n) is 10.4. The van der Waals surface area contributed by atoms with Crippen LogP contribution in [0.1, 0.15) is 12.0 Å². The highest BCUT2D eigenvalue weighted by Gasteiger charge is 2.39. The first-order valence-electron chi connectivity index (χ1n) is 6.03. The van der Waals surface area contributed by atoms with Gasteiger partial charge >= 0.3 is 12.1 Å². The van der Waals surface area contributed by atoms with E-state index in [2.05, 4.69) is 0 Å². The van der Waals surface area contributed by atoms with Crippen LogP contribution < -0.4 is 5.73 Å². The largest absolute Gasteiger partial charge is 0.480 e. The maximum absolute atomic E-state index is 11.9. The molecule has 102 valence electrons. The highest BCUT2D eigenvalue weighted by molar-refractivity contribution is 5.81. The molecule has 3 N–H and O–H groups in total. The second-order valence-corrected chi connectivity index (χ2v) is 4.54. The minimum Gasteiger partial charge on any atom is -0.480 e. The third kappa shape index (κ3) is 3.23. The van der Waals surface area contributed by atoms with E-state index in [1.807, 2.05) is 30.3 Å². The van der Waals surface area contributed by atoms with Gasteiger partial charge in [0.1, 0.15) is 12.6 Å². The van der Waals surface area contributed by atoms with Crippen LogP contribution in [0, 0.1) is 0 Å². The van der Waals surface area contributed by atoms with Gasteiger partial charge in [-0.15, -0.1) is 0 Å². The maximum Gasteiger partial charge on any atom is 0.410 e. The van der Waals surface area contributed by atoms with Crippen molar-refractivity contribution in [3.63, 3.8) is 0 Å². The SMILES string of the molecule is N[C@H]1C[C@H](C(=O)O)N(C(=O)OCc2ccccc2)C1. The van der Waals surface area contributed by atoms with Crippen molar-refractivity contribution in [3.05, 3.63) is 35.9 Å². The third-order valence-corrected chi connectivity index (χ3v) is 3.06. The predicted octanol–water partition coefficient (Wildman–Crippen LogP) is 0.809. The summed E-state index contributed by atoms with van der Waals surface area (Å²) in [6, 6.07) is 8.01.